The fourth-order valence-corrected chi connectivity index (χ4v) is 4.35. The van der Waals surface area contributed by atoms with Gasteiger partial charge in [0, 0.05) is 27.1 Å². The predicted octanol–water partition coefficient (Wildman–Crippen LogP) is 6.10. The Kier molecular flexibility index (Phi) is 6.99. The number of hydrogen-bond acceptors (Lipinski definition) is 5. The average Bonchev–Trinajstić information content (AvgIpc) is 3.28. The summed E-state index contributed by atoms with van der Waals surface area (Å²) in [5.74, 6) is 0.0128. The maximum absolute atomic E-state index is 12.3. The van der Waals surface area contributed by atoms with Crippen LogP contribution in [0.4, 0.5) is 10.8 Å². The molecule has 0 aliphatic rings. The minimum absolute atomic E-state index is 0.110. The number of aromatic nitrogens is 1. The van der Waals surface area contributed by atoms with E-state index in [1.165, 1.54) is 23.1 Å². The van der Waals surface area contributed by atoms with Gasteiger partial charge in [-0.1, -0.05) is 48.0 Å². The molecule has 0 radical (unpaired) electrons. The average molecular weight is 460 g/mol. The highest BCUT2D eigenvalue weighted by molar-refractivity contribution is 8.00. The molecule has 1 heterocycles. The molecular weight excluding hydrogens is 438 g/mol. The first kappa shape index (κ1) is 21.8. The van der Waals surface area contributed by atoms with Crippen LogP contribution in [-0.4, -0.2) is 22.6 Å². The SMILES string of the molecule is Cc1ccc(C(=O)Nc2ccc(SCC(=O)Nc3nc(-c4ccccc4)cs3)cc2)cc1. The standard InChI is InChI=1S/C25H21N3O2S2/c1-17-7-9-19(10-8-17)24(30)26-20-11-13-21(14-12-20)31-16-23(29)28-25-27-22(15-32-25)18-5-3-2-4-6-18/h2-15H,16H2,1H3,(H,26,30)(H,27,28,29). The van der Waals surface area contributed by atoms with Crippen LogP contribution in [0.1, 0.15) is 15.9 Å². The van der Waals surface area contributed by atoms with Crippen LogP contribution in [0.25, 0.3) is 11.3 Å². The first-order valence-corrected chi connectivity index (χ1v) is 11.8. The summed E-state index contributed by atoms with van der Waals surface area (Å²) in [4.78, 5) is 30.0. The Morgan fingerprint density at radius 3 is 2.34 bits per heavy atom. The summed E-state index contributed by atoms with van der Waals surface area (Å²) in [6.45, 7) is 1.98. The highest BCUT2D eigenvalue weighted by Crippen LogP contribution is 2.25. The van der Waals surface area contributed by atoms with Crippen molar-refractivity contribution in [2.45, 2.75) is 11.8 Å². The Morgan fingerprint density at radius 2 is 1.62 bits per heavy atom. The molecule has 0 unspecified atom stereocenters. The molecule has 0 atom stereocenters. The number of thiazole rings is 1. The molecule has 2 amide bonds. The molecule has 32 heavy (non-hydrogen) atoms. The zero-order valence-electron chi connectivity index (χ0n) is 17.4. The van der Waals surface area contributed by atoms with E-state index >= 15 is 0 Å². The highest BCUT2D eigenvalue weighted by atomic mass is 32.2. The molecular formula is C25H21N3O2S2. The Labute approximate surface area is 194 Å². The molecule has 7 heteroatoms. The Hall–Kier alpha value is -3.42. The van der Waals surface area contributed by atoms with Crippen LogP contribution in [0.2, 0.25) is 0 Å². The van der Waals surface area contributed by atoms with Gasteiger partial charge in [-0.25, -0.2) is 4.98 Å². The predicted molar refractivity (Wildman–Crippen MR) is 132 cm³/mol. The molecule has 0 aliphatic heterocycles. The van der Waals surface area contributed by atoms with E-state index in [4.69, 9.17) is 0 Å². The third-order valence-electron chi connectivity index (χ3n) is 4.62. The van der Waals surface area contributed by atoms with E-state index < -0.39 is 0 Å². The second-order valence-electron chi connectivity index (χ2n) is 7.09. The van der Waals surface area contributed by atoms with E-state index in [0.717, 1.165) is 21.7 Å². The van der Waals surface area contributed by atoms with E-state index in [1.54, 1.807) is 12.1 Å². The van der Waals surface area contributed by atoms with E-state index in [9.17, 15) is 9.59 Å². The number of rotatable bonds is 7. The lowest BCUT2D eigenvalue weighted by Crippen LogP contribution is -2.13. The van der Waals surface area contributed by atoms with E-state index in [1.807, 2.05) is 79.0 Å². The normalized spacial score (nSPS) is 10.5. The zero-order chi connectivity index (χ0) is 22.3. The smallest absolute Gasteiger partial charge is 0.255 e. The monoisotopic (exact) mass is 459 g/mol. The first-order valence-electron chi connectivity index (χ1n) is 9.98. The molecule has 2 N–H and O–H groups in total. The van der Waals surface area contributed by atoms with Crippen molar-refractivity contribution in [3.63, 3.8) is 0 Å². The van der Waals surface area contributed by atoms with Gasteiger partial charge in [-0.15, -0.1) is 23.1 Å². The largest absolute Gasteiger partial charge is 0.322 e. The summed E-state index contributed by atoms with van der Waals surface area (Å²) in [6, 6.07) is 24.7. The van der Waals surface area contributed by atoms with Crippen molar-refractivity contribution >= 4 is 45.7 Å². The first-order chi connectivity index (χ1) is 15.6. The number of anilines is 2. The quantitative estimate of drug-likeness (QED) is 0.328. The molecule has 0 bridgehead atoms. The number of carbonyl (C=O) groups excluding carboxylic acids is 2. The second-order valence-corrected chi connectivity index (χ2v) is 8.99. The van der Waals surface area contributed by atoms with Crippen LogP contribution in [0.5, 0.6) is 0 Å². The van der Waals surface area contributed by atoms with Crippen LogP contribution in [0, 0.1) is 6.92 Å². The minimum atomic E-state index is -0.150. The van der Waals surface area contributed by atoms with Crippen molar-refractivity contribution in [2.75, 3.05) is 16.4 Å². The fourth-order valence-electron chi connectivity index (χ4n) is 2.92. The highest BCUT2D eigenvalue weighted by Gasteiger charge is 2.09. The number of benzene rings is 3. The molecule has 160 valence electrons. The summed E-state index contributed by atoms with van der Waals surface area (Å²) in [5, 5.41) is 8.26. The van der Waals surface area contributed by atoms with Gasteiger partial charge in [0.25, 0.3) is 5.91 Å². The number of aryl methyl sites for hydroxylation is 1. The molecule has 1 aromatic heterocycles. The van der Waals surface area contributed by atoms with E-state index in [0.29, 0.717) is 16.4 Å². The van der Waals surface area contributed by atoms with Gasteiger partial charge in [-0.05, 0) is 43.3 Å². The lowest BCUT2D eigenvalue weighted by Gasteiger charge is -2.07. The van der Waals surface area contributed by atoms with Crippen LogP contribution >= 0.6 is 23.1 Å². The van der Waals surface area contributed by atoms with Gasteiger partial charge in [0.2, 0.25) is 5.91 Å². The molecule has 0 saturated heterocycles. The van der Waals surface area contributed by atoms with Crippen molar-refractivity contribution in [1.82, 2.24) is 4.98 Å². The van der Waals surface area contributed by atoms with Crippen LogP contribution in [0.15, 0.2) is 89.1 Å². The van der Waals surface area contributed by atoms with Gasteiger partial charge in [0.15, 0.2) is 5.13 Å². The van der Waals surface area contributed by atoms with Gasteiger partial charge in [-0.3, -0.25) is 9.59 Å². The van der Waals surface area contributed by atoms with Crippen LogP contribution in [0.3, 0.4) is 0 Å². The van der Waals surface area contributed by atoms with Crippen LogP contribution in [-0.2, 0) is 4.79 Å². The van der Waals surface area contributed by atoms with Gasteiger partial charge < -0.3 is 10.6 Å². The summed E-state index contributed by atoms with van der Waals surface area (Å²) < 4.78 is 0. The fraction of sp³-hybridized carbons (Fsp3) is 0.0800. The lowest BCUT2D eigenvalue weighted by atomic mass is 10.1. The van der Waals surface area contributed by atoms with Gasteiger partial charge >= 0.3 is 0 Å². The summed E-state index contributed by atoms with van der Waals surface area (Å²) in [7, 11) is 0. The number of amides is 2. The van der Waals surface area contributed by atoms with E-state index in [2.05, 4.69) is 15.6 Å². The number of thioether (sulfide) groups is 1. The molecule has 0 saturated carbocycles. The molecule has 3 aromatic carbocycles. The number of hydrogen-bond donors (Lipinski definition) is 2. The maximum Gasteiger partial charge on any atom is 0.255 e. The van der Waals surface area contributed by atoms with Crippen molar-refractivity contribution in [3.8, 4) is 11.3 Å². The molecule has 0 spiro atoms. The summed E-state index contributed by atoms with van der Waals surface area (Å²) in [5.41, 5.74) is 4.30. The molecule has 5 nitrogen and oxygen atoms in total. The molecule has 4 rings (SSSR count). The van der Waals surface area contributed by atoms with Crippen molar-refractivity contribution in [2.24, 2.45) is 0 Å². The van der Waals surface area contributed by atoms with Gasteiger partial charge in [0.05, 0.1) is 11.4 Å². The second kappa shape index (κ2) is 10.3. The third kappa shape index (κ3) is 5.84. The van der Waals surface area contributed by atoms with Crippen LogP contribution < -0.4 is 10.6 Å². The Morgan fingerprint density at radius 1 is 0.906 bits per heavy atom. The minimum Gasteiger partial charge on any atom is -0.322 e. The maximum atomic E-state index is 12.3. The van der Waals surface area contributed by atoms with Crippen molar-refractivity contribution in [1.29, 1.82) is 0 Å². The van der Waals surface area contributed by atoms with Gasteiger partial charge in [0.1, 0.15) is 0 Å². The summed E-state index contributed by atoms with van der Waals surface area (Å²) >= 11 is 2.84. The Bertz CT molecular complexity index is 1200. The third-order valence-corrected chi connectivity index (χ3v) is 6.39. The van der Waals surface area contributed by atoms with Gasteiger partial charge in [-0.2, -0.15) is 0 Å². The Balaban J connectivity index is 1.27. The topological polar surface area (TPSA) is 71.1 Å². The molecule has 0 aliphatic carbocycles. The van der Waals surface area contributed by atoms with Crippen molar-refractivity contribution in [3.05, 3.63) is 95.4 Å². The van der Waals surface area contributed by atoms with Crippen molar-refractivity contribution < 1.29 is 9.59 Å². The number of nitrogens with one attached hydrogen (secondary N) is 2. The number of nitrogens with zero attached hydrogens (tertiary/aromatic N) is 1. The molecule has 0 fully saturated rings. The lowest BCUT2D eigenvalue weighted by molar-refractivity contribution is -0.113. The zero-order valence-corrected chi connectivity index (χ0v) is 19.0. The molecule has 4 aromatic rings. The summed E-state index contributed by atoms with van der Waals surface area (Å²) in [6.07, 6.45) is 0. The van der Waals surface area contributed by atoms with E-state index in [-0.39, 0.29) is 17.6 Å². The number of carbonyl (C=O) groups is 2.